The van der Waals surface area contributed by atoms with Crippen molar-refractivity contribution >= 4 is 5.57 Å². The van der Waals surface area contributed by atoms with Crippen LogP contribution in [0, 0.1) is 0 Å². The molecule has 0 atom stereocenters. The molecule has 0 aromatic heterocycles. The van der Waals surface area contributed by atoms with E-state index >= 15 is 0 Å². The zero-order valence-electron chi connectivity index (χ0n) is 8.45. The molecule has 72 valence electrons. The van der Waals surface area contributed by atoms with Crippen LogP contribution in [0.15, 0.2) is 48.6 Å². The van der Waals surface area contributed by atoms with E-state index in [-0.39, 0.29) is 0 Å². The summed E-state index contributed by atoms with van der Waals surface area (Å²) in [5.41, 5.74) is 2.90. The normalized spacial score (nSPS) is 23.0. The van der Waals surface area contributed by atoms with Gasteiger partial charge in [0.2, 0.25) is 0 Å². The van der Waals surface area contributed by atoms with E-state index in [0.29, 0.717) is 0 Å². The fourth-order valence-corrected chi connectivity index (χ4v) is 1.84. The number of hydrogen-bond acceptors (Lipinski definition) is 0. The molecule has 0 N–H and O–H groups in total. The van der Waals surface area contributed by atoms with E-state index in [4.69, 9.17) is 0 Å². The van der Waals surface area contributed by atoms with Crippen LogP contribution >= 0.6 is 0 Å². The van der Waals surface area contributed by atoms with Crippen molar-refractivity contribution in [3.05, 3.63) is 54.1 Å². The molecule has 1 aromatic rings. The molecule has 0 bridgehead atoms. The molecule has 0 amide bonds. The average molecular weight is 184 g/mol. The second-order valence-electron chi connectivity index (χ2n) is 3.68. The van der Waals surface area contributed by atoms with Crippen molar-refractivity contribution in [3.8, 4) is 0 Å². The average Bonchev–Trinajstić information content (AvgIpc) is 2.18. The summed E-state index contributed by atoms with van der Waals surface area (Å²) in [6.45, 7) is 0. The minimum Gasteiger partial charge on any atom is -0.0882 e. The smallest absolute Gasteiger partial charge is 0.0228 e. The van der Waals surface area contributed by atoms with Gasteiger partial charge in [0.05, 0.1) is 0 Å². The van der Waals surface area contributed by atoms with E-state index < -0.39 is 0 Å². The Bertz CT molecular complexity index is 330. The van der Waals surface area contributed by atoms with E-state index in [0.717, 1.165) is 0 Å². The van der Waals surface area contributed by atoms with Gasteiger partial charge in [-0.25, -0.2) is 0 Å². The van der Waals surface area contributed by atoms with Crippen molar-refractivity contribution in [1.29, 1.82) is 0 Å². The Morgan fingerprint density at radius 3 is 2.43 bits per heavy atom. The Kier molecular flexibility index (Phi) is 3.18. The van der Waals surface area contributed by atoms with E-state index in [9.17, 15) is 0 Å². The predicted octanol–water partition coefficient (Wildman–Crippen LogP) is 4.20. The second-order valence-corrected chi connectivity index (χ2v) is 3.68. The highest BCUT2D eigenvalue weighted by Crippen LogP contribution is 2.22. The highest BCUT2D eigenvalue weighted by Gasteiger charge is 2.00. The van der Waals surface area contributed by atoms with Gasteiger partial charge in [0, 0.05) is 0 Å². The molecule has 0 spiro atoms. The van der Waals surface area contributed by atoms with Crippen LogP contribution in [0.3, 0.4) is 0 Å². The monoisotopic (exact) mass is 184 g/mol. The lowest BCUT2D eigenvalue weighted by Crippen LogP contribution is -1.86. The van der Waals surface area contributed by atoms with Gasteiger partial charge in [-0.2, -0.15) is 0 Å². The molecule has 0 saturated carbocycles. The molecule has 0 radical (unpaired) electrons. The SMILES string of the molecule is C1=C\CC/C(c2ccccc2)=C\CC/1. The standard InChI is InChI=1S/C14H16/c1-2-5-9-13(10-6-3-1)14-11-7-4-8-12-14/h1-2,4,7-8,10-12H,3,5-6,9H2/b2-1-,13-10+. The molecule has 14 heavy (non-hydrogen) atoms. The fraction of sp³-hybridized carbons (Fsp3) is 0.286. The highest BCUT2D eigenvalue weighted by atomic mass is 14.1. The van der Waals surface area contributed by atoms with E-state index in [1.807, 2.05) is 0 Å². The van der Waals surface area contributed by atoms with Gasteiger partial charge in [0.15, 0.2) is 0 Å². The van der Waals surface area contributed by atoms with E-state index in [1.165, 1.54) is 36.8 Å². The van der Waals surface area contributed by atoms with Crippen LogP contribution in [0.2, 0.25) is 0 Å². The van der Waals surface area contributed by atoms with E-state index in [1.54, 1.807) is 0 Å². The van der Waals surface area contributed by atoms with Crippen LogP contribution in [-0.2, 0) is 0 Å². The summed E-state index contributed by atoms with van der Waals surface area (Å²) in [5.74, 6) is 0. The van der Waals surface area contributed by atoms with Gasteiger partial charge in [-0.15, -0.1) is 0 Å². The van der Waals surface area contributed by atoms with Crippen LogP contribution in [-0.4, -0.2) is 0 Å². The molecular formula is C14H16. The molecule has 0 heterocycles. The lowest BCUT2D eigenvalue weighted by atomic mass is 9.98. The Balaban J connectivity index is 2.17. The van der Waals surface area contributed by atoms with Crippen molar-refractivity contribution in [1.82, 2.24) is 0 Å². The van der Waals surface area contributed by atoms with Crippen LogP contribution in [0.25, 0.3) is 5.57 Å². The summed E-state index contributed by atoms with van der Waals surface area (Å²) >= 11 is 0. The van der Waals surface area contributed by atoms with Gasteiger partial charge in [-0.3, -0.25) is 0 Å². The van der Waals surface area contributed by atoms with Gasteiger partial charge in [0.25, 0.3) is 0 Å². The summed E-state index contributed by atoms with van der Waals surface area (Å²) in [7, 11) is 0. The molecule has 1 aromatic carbocycles. The summed E-state index contributed by atoms with van der Waals surface area (Å²) in [4.78, 5) is 0. The Labute approximate surface area is 86.0 Å². The first-order valence-electron chi connectivity index (χ1n) is 5.36. The van der Waals surface area contributed by atoms with Crippen LogP contribution < -0.4 is 0 Å². The maximum absolute atomic E-state index is 2.39. The molecule has 0 nitrogen and oxygen atoms in total. The highest BCUT2D eigenvalue weighted by molar-refractivity contribution is 5.65. The van der Waals surface area contributed by atoms with Gasteiger partial charge in [0.1, 0.15) is 0 Å². The molecule has 0 aliphatic heterocycles. The fourth-order valence-electron chi connectivity index (χ4n) is 1.84. The maximum Gasteiger partial charge on any atom is -0.0228 e. The number of hydrogen-bond donors (Lipinski definition) is 0. The van der Waals surface area contributed by atoms with Crippen molar-refractivity contribution in [2.24, 2.45) is 0 Å². The Morgan fingerprint density at radius 2 is 1.57 bits per heavy atom. The topological polar surface area (TPSA) is 0 Å². The molecule has 1 aliphatic carbocycles. The first-order valence-corrected chi connectivity index (χ1v) is 5.36. The largest absolute Gasteiger partial charge is 0.0882 e. The first kappa shape index (κ1) is 9.26. The van der Waals surface area contributed by atoms with Crippen molar-refractivity contribution in [2.45, 2.75) is 25.7 Å². The number of rotatable bonds is 1. The molecule has 2 rings (SSSR count). The third kappa shape index (κ3) is 2.35. The number of allylic oxidation sites excluding steroid dienone is 4. The summed E-state index contributed by atoms with van der Waals surface area (Å²) in [6, 6.07) is 10.7. The molecule has 0 heteroatoms. The lowest BCUT2D eigenvalue weighted by molar-refractivity contribution is 0.975. The summed E-state index contributed by atoms with van der Waals surface area (Å²) in [6.07, 6.45) is 11.7. The lowest BCUT2D eigenvalue weighted by Gasteiger charge is -2.08. The zero-order valence-corrected chi connectivity index (χ0v) is 8.45. The third-order valence-electron chi connectivity index (χ3n) is 2.62. The molecule has 0 unspecified atom stereocenters. The Morgan fingerprint density at radius 1 is 0.786 bits per heavy atom. The minimum absolute atomic E-state index is 1.18. The third-order valence-corrected chi connectivity index (χ3v) is 2.62. The maximum atomic E-state index is 2.39. The van der Waals surface area contributed by atoms with Crippen LogP contribution in [0.4, 0.5) is 0 Å². The number of benzene rings is 1. The minimum atomic E-state index is 1.18. The molecule has 0 fully saturated rings. The first-order chi connectivity index (χ1) is 6.97. The molecular weight excluding hydrogens is 168 g/mol. The van der Waals surface area contributed by atoms with Gasteiger partial charge < -0.3 is 0 Å². The van der Waals surface area contributed by atoms with E-state index in [2.05, 4.69) is 48.6 Å². The summed E-state index contributed by atoms with van der Waals surface area (Å²) in [5, 5.41) is 0. The predicted molar refractivity (Wildman–Crippen MR) is 62.0 cm³/mol. The molecule has 1 aliphatic rings. The zero-order chi connectivity index (χ0) is 9.64. The van der Waals surface area contributed by atoms with Crippen molar-refractivity contribution < 1.29 is 0 Å². The second kappa shape index (κ2) is 4.80. The van der Waals surface area contributed by atoms with Crippen LogP contribution in [0.1, 0.15) is 31.2 Å². The Hall–Kier alpha value is -1.30. The molecule has 0 saturated heterocycles. The summed E-state index contributed by atoms with van der Waals surface area (Å²) < 4.78 is 0. The van der Waals surface area contributed by atoms with Crippen molar-refractivity contribution in [3.63, 3.8) is 0 Å². The quantitative estimate of drug-likeness (QED) is 0.574. The van der Waals surface area contributed by atoms with Gasteiger partial charge >= 0.3 is 0 Å². The van der Waals surface area contributed by atoms with Gasteiger partial charge in [-0.1, -0.05) is 48.6 Å². The van der Waals surface area contributed by atoms with Crippen LogP contribution in [0.5, 0.6) is 0 Å². The van der Waals surface area contributed by atoms with Crippen molar-refractivity contribution in [2.75, 3.05) is 0 Å². The van der Waals surface area contributed by atoms with Gasteiger partial charge in [-0.05, 0) is 36.8 Å².